The molecule has 140 valence electrons. The van der Waals surface area contributed by atoms with E-state index in [0.717, 1.165) is 29.5 Å². The van der Waals surface area contributed by atoms with E-state index in [1.807, 2.05) is 0 Å². The fraction of sp³-hybridized carbons (Fsp3) is 0.0588. The Morgan fingerprint density at radius 1 is 1.07 bits per heavy atom. The molecule has 0 aliphatic carbocycles. The van der Waals surface area contributed by atoms with Crippen LogP contribution in [0.2, 0.25) is 0 Å². The molecule has 0 saturated heterocycles. The highest BCUT2D eigenvalue weighted by Gasteiger charge is 2.16. The highest BCUT2D eigenvalue weighted by atomic mass is 32.2. The van der Waals surface area contributed by atoms with Gasteiger partial charge in [-0.2, -0.15) is 0 Å². The Balaban J connectivity index is 1.66. The van der Waals surface area contributed by atoms with Crippen molar-refractivity contribution in [3.8, 4) is 0 Å². The third-order valence-corrected chi connectivity index (χ3v) is 5.63. The van der Waals surface area contributed by atoms with Crippen molar-refractivity contribution in [1.82, 2.24) is 10.3 Å². The molecule has 0 aliphatic rings. The number of halogens is 2. The molecule has 2 N–H and O–H groups in total. The van der Waals surface area contributed by atoms with Crippen molar-refractivity contribution in [3.05, 3.63) is 76.8 Å². The zero-order valence-electron chi connectivity index (χ0n) is 13.6. The Morgan fingerprint density at radius 2 is 1.74 bits per heavy atom. The van der Waals surface area contributed by atoms with Gasteiger partial charge in [-0.25, -0.2) is 22.2 Å². The largest absolute Gasteiger partial charge is 0.348 e. The zero-order chi connectivity index (χ0) is 19.4. The molecule has 0 radical (unpaired) electrons. The van der Waals surface area contributed by atoms with Crippen LogP contribution in [0.4, 0.5) is 13.9 Å². The first-order chi connectivity index (χ1) is 12.8. The van der Waals surface area contributed by atoms with Crippen molar-refractivity contribution in [2.24, 2.45) is 0 Å². The molecule has 0 aliphatic heterocycles. The van der Waals surface area contributed by atoms with Crippen molar-refractivity contribution < 1.29 is 22.0 Å². The number of hydrogen-bond donors (Lipinski definition) is 2. The van der Waals surface area contributed by atoms with Crippen LogP contribution in [0.1, 0.15) is 15.9 Å². The Bertz CT molecular complexity index is 1030. The van der Waals surface area contributed by atoms with Gasteiger partial charge in [0.25, 0.3) is 15.9 Å². The molecule has 1 heterocycles. The lowest BCUT2D eigenvalue weighted by atomic mass is 10.2. The molecule has 0 fully saturated rings. The SMILES string of the molecule is O=C(NCc1cc(F)cc(F)c1)c1ccc(S(=O)(=O)Nc2nccs2)cc1. The average molecular weight is 409 g/mol. The van der Waals surface area contributed by atoms with Crippen LogP contribution >= 0.6 is 11.3 Å². The molecule has 0 atom stereocenters. The molecule has 0 saturated carbocycles. The summed E-state index contributed by atoms with van der Waals surface area (Å²) in [6.07, 6.45) is 1.47. The molecule has 1 amide bonds. The third kappa shape index (κ3) is 4.86. The molecule has 6 nitrogen and oxygen atoms in total. The summed E-state index contributed by atoms with van der Waals surface area (Å²) >= 11 is 1.14. The Kier molecular flexibility index (Phi) is 5.47. The first kappa shape index (κ1) is 18.9. The lowest BCUT2D eigenvalue weighted by Gasteiger charge is -2.08. The number of nitrogens with one attached hydrogen (secondary N) is 2. The number of benzene rings is 2. The van der Waals surface area contributed by atoms with Gasteiger partial charge in [0.2, 0.25) is 0 Å². The van der Waals surface area contributed by atoms with E-state index < -0.39 is 27.6 Å². The normalized spacial score (nSPS) is 11.2. The maximum absolute atomic E-state index is 13.1. The number of rotatable bonds is 6. The van der Waals surface area contributed by atoms with Crippen LogP contribution in [0.25, 0.3) is 0 Å². The van der Waals surface area contributed by atoms with E-state index in [9.17, 15) is 22.0 Å². The number of sulfonamides is 1. The van der Waals surface area contributed by atoms with Gasteiger partial charge in [0.15, 0.2) is 5.13 Å². The highest BCUT2D eigenvalue weighted by Crippen LogP contribution is 2.18. The van der Waals surface area contributed by atoms with Gasteiger partial charge in [0.05, 0.1) is 4.90 Å². The van der Waals surface area contributed by atoms with Crippen LogP contribution in [0, 0.1) is 11.6 Å². The minimum Gasteiger partial charge on any atom is -0.348 e. The number of anilines is 1. The summed E-state index contributed by atoms with van der Waals surface area (Å²) in [4.78, 5) is 16.0. The fourth-order valence-corrected chi connectivity index (χ4v) is 4.02. The molecule has 3 rings (SSSR count). The second-order valence-electron chi connectivity index (χ2n) is 5.43. The number of hydrogen-bond acceptors (Lipinski definition) is 5. The maximum Gasteiger partial charge on any atom is 0.263 e. The van der Waals surface area contributed by atoms with Crippen molar-refractivity contribution >= 4 is 32.4 Å². The molecule has 0 unspecified atom stereocenters. The van der Waals surface area contributed by atoms with E-state index >= 15 is 0 Å². The van der Waals surface area contributed by atoms with E-state index in [4.69, 9.17) is 0 Å². The van der Waals surface area contributed by atoms with Gasteiger partial charge >= 0.3 is 0 Å². The molecular weight excluding hydrogens is 396 g/mol. The second kappa shape index (κ2) is 7.80. The molecule has 0 bridgehead atoms. The fourth-order valence-electron chi connectivity index (χ4n) is 2.23. The summed E-state index contributed by atoms with van der Waals surface area (Å²) in [6, 6.07) is 8.23. The number of carbonyl (C=O) groups is 1. The minimum absolute atomic E-state index is 0.0264. The zero-order valence-corrected chi connectivity index (χ0v) is 15.3. The molecular formula is C17H13F2N3O3S2. The van der Waals surface area contributed by atoms with Gasteiger partial charge in [-0.1, -0.05) is 0 Å². The van der Waals surface area contributed by atoms with E-state index in [-0.39, 0.29) is 27.7 Å². The number of thiazole rings is 1. The van der Waals surface area contributed by atoms with Crippen molar-refractivity contribution in [3.63, 3.8) is 0 Å². The second-order valence-corrected chi connectivity index (χ2v) is 8.00. The molecule has 10 heteroatoms. The summed E-state index contributed by atoms with van der Waals surface area (Å²) in [5.74, 6) is -1.97. The summed E-state index contributed by atoms with van der Waals surface area (Å²) in [6.45, 7) is -0.0703. The molecule has 1 aromatic heterocycles. The van der Waals surface area contributed by atoms with Crippen molar-refractivity contribution in [1.29, 1.82) is 0 Å². The standard InChI is InChI=1S/C17H13F2N3O3S2/c18-13-7-11(8-14(19)9-13)10-21-16(23)12-1-3-15(4-2-12)27(24,25)22-17-20-5-6-26-17/h1-9H,10H2,(H,20,22)(H,21,23). The average Bonchev–Trinajstić information content (AvgIpc) is 3.11. The van der Waals surface area contributed by atoms with E-state index in [2.05, 4.69) is 15.0 Å². The van der Waals surface area contributed by atoms with E-state index in [1.54, 1.807) is 5.38 Å². The van der Waals surface area contributed by atoms with Crippen molar-refractivity contribution in [2.45, 2.75) is 11.4 Å². The summed E-state index contributed by atoms with van der Waals surface area (Å²) < 4.78 is 53.1. The predicted octanol–water partition coefficient (Wildman–Crippen LogP) is 3.15. The molecule has 0 spiro atoms. The predicted molar refractivity (Wildman–Crippen MR) is 96.9 cm³/mol. The summed E-state index contributed by atoms with van der Waals surface area (Å²) in [7, 11) is -3.81. The summed E-state index contributed by atoms with van der Waals surface area (Å²) in [5, 5.41) is 4.39. The third-order valence-electron chi connectivity index (χ3n) is 3.46. The first-order valence-corrected chi connectivity index (χ1v) is 9.95. The van der Waals surface area contributed by atoms with Crippen LogP contribution < -0.4 is 10.0 Å². The van der Waals surface area contributed by atoms with Gasteiger partial charge < -0.3 is 5.32 Å². The van der Waals surface area contributed by atoms with Crippen molar-refractivity contribution in [2.75, 3.05) is 4.72 Å². The van der Waals surface area contributed by atoms with Crippen LogP contribution in [-0.2, 0) is 16.6 Å². The maximum atomic E-state index is 13.1. The number of amides is 1. The number of nitrogens with zero attached hydrogens (tertiary/aromatic N) is 1. The molecule has 3 aromatic rings. The quantitative estimate of drug-likeness (QED) is 0.655. The smallest absolute Gasteiger partial charge is 0.263 e. The monoisotopic (exact) mass is 409 g/mol. The Hall–Kier alpha value is -2.85. The molecule has 2 aromatic carbocycles. The van der Waals surface area contributed by atoms with Crippen LogP contribution in [-0.4, -0.2) is 19.3 Å². The van der Waals surface area contributed by atoms with E-state index in [0.29, 0.717) is 0 Å². The topological polar surface area (TPSA) is 88.2 Å². The van der Waals surface area contributed by atoms with Crippen LogP contribution in [0.5, 0.6) is 0 Å². The van der Waals surface area contributed by atoms with Crippen LogP contribution in [0.3, 0.4) is 0 Å². The summed E-state index contributed by atoms with van der Waals surface area (Å²) in [5.41, 5.74) is 0.479. The minimum atomic E-state index is -3.81. The first-order valence-electron chi connectivity index (χ1n) is 7.59. The van der Waals surface area contributed by atoms with Crippen LogP contribution in [0.15, 0.2) is 58.9 Å². The Morgan fingerprint density at radius 3 is 2.33 bits per heavy atom. The van der Waals surface area contributed by atoms with Gasteiger partial charge in [-0.3, -0.25) is 9.52 Å². The van der Waals surface area contributed by atoms with Gasteiger partial charge in [-0.05, 0) is 42.0 Å². The number of carbonyl (C=O) groups excluding carboxylic acids is 1. The van der Waals surface area contributed by atoms with E-state index in [1.165, 1.54) is 30.5 Å². The van der Waals surface area contributed by atoms with Gasteiger partial charge in [0, 0.05) is 29.8 Å². The molecule has 27 heavy (non-hydrogen) atoms. The highest BCUT2D eigenvalue weighted by molar-refractivity contribution is 7.93. The van der Waals surface area contributed by atoms with Gasteiger partial charge in [-0.15, -0.1) is 11.3 Å². The lowest BCUT2D eigenvalue weighted by Crippen LogP contribution is -2.23. The lowest BCUT2D eigenvalue weighted by molar-refractivity contribution is 0.0950. The number of aromatic nitrogens is 1. The van der Waals surface area contributed by atoms with Gasteiger partial charge in [0.1, 0.15) is 11.6 Å². The Labute approximate surface area is 157 Å².